The van der Waals surface area contributed by atoms with Crippen molar-refractivity contribution in [3.8, 4) is 23.0 Å². The van der Waals surface area contributed by atoms with E-state index in [1.807, 2.05) is 0 Å². The maximum atomic E-state index is 12.7. The minimum Gasteiger partial charge on any atom is -0.497 e. The third-order valence-electron chi connectivity index (χ3n) is 3.68. The van der Waals surface area contributed by atoms with Crippen LogP contribution in [0.2, 0.25) is 0 Å². The molecule has 0 spiro atoms. The van der Waals surface area contributed by atoms with Crippen LogP contribution in [0, 0.1) is 0 Å². The Kier molecular flexibility index (Phi) is 4.89. The number of ether oxygens (including phenoxy) is 4. The number of fused-ring (bicyclic) bond motifs is 1. The highest BCUT2D eigenvalue weighted by atomic mass is 32.2. The van der Waals surface area contributed by atoms with Gasteiger partial charge in [0.05, 0.1) is 38.0 Å². The first kappa shape index (κ1) is 17.2. The van der Waals surface area contributed by atoms with Crippen molar-refractivity contribution < 1.29 is 27.4 Å². The fraction of sp³-hybridized carbons (Fsp3) is 0.294. The number of nitrogens with one attached hydrogen (secondary N) is 1. The average Bonchev–Trinajstić information content (AvgIpc) is 2.86. The van der Waals surface area contributed by atoms with Crippen LogP contribution in [-0.2, 0) is 10.0 Å². The molecule has 0 radical (unpaired) electrons. The third kappa shape index (κ3) is 3.74. The van der Waals surface area contributed by atoms with Gasteiger partial charge in [0.2, 0.25) is 0 Å². The van der Waals surface area contributed by atoms with Crippen molar-refractivity contribution in [1.29, 1.82) is 0 Å². The monoisotopic (exact) mass is 365 g/mol. The van der Waals surface area contributed by atoms with E-state index in [-0.39, 0.29) is 4.90 Å². The average molecular weight is 365 g/mol. The summed E-state index contributed by atoms with van der Waals surface area (Å²) in [6.45, 7) is 1.02. The Morgan fingerprint density at radius 2 is 1.72 bits per heavy atom. The molecule has 7 nitrogen and oxygen atoms in total. The fourth-order valence-electron chi connectivity index (χ4n) is 2.40. The van der Waals surface area contributed by atoms with Crippen molar-refractivity contribution in [3.05, 3.63) is 36.4 Å². The first-order valence-corrected chi connectivity index (χ1v) is 9.16. The second-order valence-corrected chi connectivity index (χ2v) is 7.01. The second kappa shape index (κ2) is 7.10. The van der Waals surface area contributed by atoms with Crippen molar-refractivity contribution in [3.63, 3.8) is 0 Å². The predicted molar refractivity (Wildman–Crippen MR) is 92.4 cm³/mol. The zero-order valence-electron chi connectivity index (χ0n) is 13.9. The van der Waals surface area contributed by atoms with Gasteiger partial charge in [0.25, 0.3) is 10.0 Å². The second-order valence-electron chi connectivity index (χ2n) is 5.33. The van der Waals surface area contributed by atoms with E-state index in [1.54, 1.807) is 24.3 Å². The molecule has 2 aromatic rings. The van der Waals surface area contributed by atoms with Crippen LogP contribution < -0.4 is 23.7 Å². The molecule has 1 aliphatic rings. The molecule has 3 rings (SSSR count). The van der Waals surface area contributed by atoms with E-state index >= 15 is 0 Å². The van der Waals surface area contributed by atoms with Gasteiger partial charge in [-0.3, -0.25) is 4.72 Å². The van der Waals surface area contributed by atoms with Crippen molar-refractivity contribution in [2.45, 2.75) is 11.3 Å². The largest absolute Gasteiger partial charge is 0.497 e. The number of sulfonamides is 1. The van der Waals surface area contributed by atoms with Crippen molar-refractivity contribution in [2.75, 3.05) is 32.2 Å². The summed E-state index contributed by atoms with van der Waals surface area (Å²) in [5.74, 6) is 1.88. The molecule has 0 unspecified atom stereocenters. The van der Waals surface area contributed by atoms with Gasteiger partial charge < -0.3 is 18.9 Å². The van der Waals surface area contributed by atoms with Gasteiger partial charge in [0.1, 0.15) is 11.5 Å². The smallest absolute Gasteiger partial charge is 0.262 e. The number of benzene rings is 2. The minimum absolute atomic E-state index is 0.0784. The molecule has 1 N–H and O–H groups in total. The lowest BCUT2D eigenvalue weighted by atomic mass is 10.3. The number of hydrogen-bond donors (Lipinski definition) is 1. The third-order valence-corrected chi connectivity index (χ3v) is 5.05. The van der Waals surface area contributed by atoms with Gasteiger partial charge in [0.15, 0.2) is 11.5 Å². The molecule has 0 aromatic heterocycles. The Morgan fingerprint density at radius 1 is 0.960 bits per heavy atom. The summed E-state index contributed by atoms with van der Waals surface area (Å²) in [6, 6.07) is 9.36. The quantitative estimate of drug-likeness (QED) is 0.877. The lowest BCUT2D eigenvalue weighted by Crippen LogP contribution is -2.14. The van der Waals surface area contributed by atoms with Crippen molar-refractivity contribution >= 4 is 15.7 Å². The van der Waals surface area contributed by atoms with E-state index in [9.17, 15) is 8.42 Å². The lowest BCUT2D eigenvalue weighted by Gasteiger charge is -2.14. The molecule has 134 valence electrons. The van der Waals surface area contributed by atoms with Gasteiger partial charge in [-0.05, 0) is 24.3 Å². The van der Waals surface area contributed by atoms with Crippen molar-refractivity contribution in [1.82, 2.24) is 0 Å². The predicted octanol–water partition coefficient (Wildman–Crippen LogP) is 2.67. The van der Waals surface area contributed by atoms with Crippen molar-refractivity contribution in [2.24, 2.45) is 0 Å². The molecule has 0 atom stereocenters. The molecule has 0 saturated heterocycles. The Bertz CT molecular complexity index is 865. The van der Waals surface area contributed by atoms with Gasteiger partial charge in [-0.25, -0.2) is 8.42 Å². The van der Waals surface area contributed by atoms with E-state index in [2.05, 4.69) is 4.72 Å². The molecule has 0 amide bonds. The number of rotatable bonds is 5. The molecule has 0 fully saturated rings. The number of anilines is 1. The maximum Gasteiger partial charge on any atom is 0.262 e. The van der Waals surface area contributed by atoms with E-state index < -0.39 is 10.0 Å². The van der Waals surface area contributed by atoms with Crippen LogP contribution >= 0.6 is 0 Å². The SMILES string of the molecule is COc1ccc(NS(=O)(=O)c2ccc3c(c2)OCCCO3)c(OC)c1. The highest BCUT2D eigenvalue weighted by molar-refractivity contribution is 7.92. The van der Waals surface area contributed by atoms with E-state index in [4.69, 9.17) is 18.9 Å². The molecule has 0 bridgehead atoms. The van der Waals surface area contributed by atoms with Crippen LogP contribution in [0.25, 0.3) is 0 Å². The van der Waals surface area contributed by atoms with Crippen LogP contribution in [0.4, 0.5) is 5.69 Å². The van der Waals surface area contributed by atoms with Gasteiger partial charge in [-0.15, -0.1) is 0 Å². The summed E-state index contributed by atoms with van der Waals surface area (Å²) >= 11 is 0. The van der Waals surface area contributed by atoms with Crippen LogP contribution in [0.3, 0.4) is 0 Å². The van der Waals surface area contributed by atoms with Gasteiger partial charge in [-0.1, -0.05) is 0 Å². The highest BCUT2D eigenvalue weighted by Crippen LogP contribution is 2.34. The summed E-state index contributed by atoms with van der Waals surface area (Å²) in [7, 11) is -0.835. The molecular formula is C17H19NO6S. The molecular weight excluding hydrogens is 346 g/mol. The van der Waals surface area contributed by atoms with Crippen LogP contribution in [0.5, 0.6) is 23.0 Å². The summed E-state index contributed by atoms with van der Waals surface area (Å²) in [5, 5.41) is 0. The highest BCUT2D eigenvalue weighted by Gasteiger charge is 2.20. The van der Waals surface area contributed by atoms with Crippen LogP contribution in [0.15, 0.2) is 41.3 Å². The molecule has 0 saturated carbocycles. The Labute approximate surface area is 146 Å². The maximum absolute atomic E-state index is 12.7. The van der Waals surface area contributed by atoms with Crippen LogP contribution in [-0.4, -0.2) is 35.9 Å². The minimum atomic E-state index is -3.82. The van der Waals surface area contributed by atoms with Gasteiger partial charge in [-0.2, -0.15) is 0 Å². The standard InChI is InChI=1S/C17H19NO6S/c1-21-12-4-6-14(16(10-12)22-2)18-25(19,20)13-5-7-15-17(11-13)24-9-3-8-23-15/h4-7,10-11,18H,3,8-9H2,1-2H3. The molecule has 2 aromatic carbocycles. The zero-order chi connectivity index (χ0) is 17.9. The Balaban J connectivity index is 1.91. The summed E-state index contributed by atoms with van der Waals surface area (Å²) in [4.78, 5) is 0.0784. The first-order chi connectivity index (χ1) is 12.0. The number of methoxy groups -OCH3 is 2. The Morgan fingerprint density at radius 3 is 2.44 bits per heavy atom. The lowest BCUT2D eigenvalue weighted by molar-refractivity contribution is 0.297. The Hall–Kier alpha value is -2.61. The van der Waals surface area contributed by atoms with Crippen LogP contribution in [0.1, 0.15) is 6.42 Å². The first-order valence-electron chi connectivity index (χ1n) is 7.68. The zero-order valence-corrected chi connectivity index (χ0v) is 14.8. The van der Waals surface area contributed by atoms with Gasteiger partial charge in [0, 0.05) is 18.6 Å². The summed E-state index contributed by atoms with van der Waals surface area (Å²) in [5.41, 5.74) is 0.315. The summed E-state index contributed by atoms with van der Waals surface area (Å²) in [6.07, 6.45) is 0.748. The molecule has 25 heavy (non-hydrogen) atoms. The molecule has 8 heteroatoms. The van der Waals surface area contributed by atoms with Gasteiger partial charge >= 0.3 is 0 Å². The molecule has 1 heterocycles. The molecule has 0 aliphatic carbocycles. The van der Waals surface area contributed by atoms with E-state index in [1.165, 1.54) is 26.4 Å². The summed E-state index contributed by atoms with van der Waals surface area (Å²) < 4.78 is 49.3. The van der Waals surface area contributed by atoms with E-state index in [0.717, 1.165) is 6.42 Å². The normalized spacial score (nSPS) is 13.7. The fourth-order valence-corrected chi connectivity index (χ4v) is 3.48. The molecule has 1 aliphatic heterocycles. The van der Waals surface area contributed by atoms with E-state index in [0.29, 0.717) is 41.9 Å². The topological polar surface area (TPSA) is 83.1 Å². The number of hydrogen-bond acceptors (Lipinski definition) is 6.